The molecular weight excluding hydrogens is 370 g/mol. The van der Waals surface area contributed by atoms with Crippen LogP contribution in [0.4, 0.5) is 0 Å². The summed E-state index contributed by atoms with van der Waals surface area (Å²) < 4.78 is 0. The summed E-state index contributed by atoms with van der Waals surface area (Å²) in [5, 5.41) is 7.19. The summed E-state index contributed by atoms with van der Waals surface area (Å²) in [5.41, 5.74) is 1.21. The molecule has 0 spiro atoms. The normalized spacial score (nSPS) is 12.7. The van der Waals surface area contributed by atoms with E-state index in [2.05, 4.69) is 49.0 Å². The summed E-state index contributed by atoms with van der Waals surface area (Å²) in [4.78, 5) is 24.7. The van der Waals surface area contributed by atoms with Gasteiger partial charge in [0, 0.05) is 15.1 Å². The summed E-state index contributed by atoms with van der Waals surface area (Å²) in [5.74, 6) is 0.739. The molecule has 0 bridgehead atoms. The van der Waals surface area contributed by atoms with Crippen LogP contribution in [-0.2, 0) is 4.79 Å². The fraction of sp³-hybridized carbons (Fsp3) is 0.389. The second-order valence-corrected chi connectivity index (χ2v) is 9.38. The van der Waals surface area contributed by atoms with E-state index in [1.807, 2.05) is 11.4 Å². The Hall–Kier alpha value is -1.44. The van der Waals surface area contributed by atoms with Gasteiger partial charge >= 0.3 is 0 Å². The quantitative estimate of drug-likeness (QED) is 0.476. The average molecular weight is 392 g/mol. The van der Waals surface area contributed by atoms with Crippen LogP contribution < -0.4 is 5.32 Å². The lowest BCUT2D eigenvalue weighted by Crippen LogP contribution is -2.32. The number of thiophene rings is 2. The zero-order chi connectivity index (χ0) is 18.0. The molecule has 1 N–H and O–H groups in total. The number of fused-ring (bicyclic) bond motifs is 1. The number of nitrogens with one attached hydrogen (secondary N) is 1. The fourth-order valence-corrected chi connectivity index (χ4v) is 5.52. The van der Waals surface area contributed by atoms with Gasteiger partial charge in [0.05, 0.1) is 11.8 Å². The standard InChI is InChI=1S/C18H21N3OS3/c1-10(2)16(13-6-5-7-23-13)21-14(22)8-24-17-15-11(3)12(4)25-18(15)20-9-19-17/h5-7,9-10,16H,8H2,1-4H3,(H,21,22). The summed E-state index contributed by atoms with van der Waals surface area (Å²) in [6.45, 7) is 8.44. The van der Waals surface area contributed by atoms with Gasteiger partial charge < -0.3 is 5.32 Å². The minimum absolute atomic E-state index is 0.0356. The molecule has 0 aromatic carbocycles. The van der Waals surface area contributed by atoms with Gasteiger partial charge in [-0.05, 0) is 36.8 Å². The first-order valence-electron chi connectivity index (χ1n) is 8.13. The zero-order valence-corrected chi connectivity index (χ0v) is 17.1. The number of thioether (sulfide) groups is 1. The smallest absolute Gasteiger partial charge is 0.230 e. The third-order valence-electron chi connectivity index (χ3n) is 4.10. The predicted molar refractivity (Wildman–Crippen MR) is 108 cm³/mol. The molecule has 1 amide bonds. The molecule has 3 heterocycles. The lowest BCUT2D eigenvalue weighted by molar-refractivity contribution is -0.119. The van der Waals surface area contributed by atoms with E-state index in [-0.39, 0.29) is 11.9 Å². The first-order valence-corrected chi connectivity index (χ1v) is 10.8. The van der Waals surface area contributed by atoms with Crippen molar-refractivity contribution in [3.05, 3.63) is 39.2 Å². The molecular formula is C18H21N3OS3. The molecule has 7 heteroatoms. The SMILES string of the molecule is Cc1sc2ncnc(SCC(=O)NC(c3cccs3)C(C)C)c2c1C. The van der Waals surface area contributed by atoms with E-state index in [9.17, 15) is 4.79 Å². The third-order valence-corrected chi connectivity index (χ3v) is 7.16. The number of hydrogen-bond acceptors (Lipinski definition) is 6. The highest BCUT2D eigenvalue weighted by Gasteiger charge is 2.20. The minimum atomic E-state index is 0.0356. The van der Waals surface area contributed by atoms with Gasteiger partial charge in [-0.2, -0.15) is 0 Å². The van der Waals surface area contributed by atoms with Crippen molar-refractivity contribution in [2.24, 2.45) is 5.92 Å². The molecule has 0 radical (unpaired) electrons. The second kappa shape index (κ2) is 7.85. The second-order valence-electron chi connectivity index (χ2n) is 6.24. The third kappa shape index (κ3) is 4.04. The van der Waals surface area contributed by atoms with Gasteiger partial charge in [0.2, 0.25) is 5.91 Å². The van der Waals surface area contributed by atoms with Crippen LogP contribution in [0.5, 0.6) is 0 Å². The van der Waals surface area contributed by atoms with Crippen molar-refractivity contribution in [3.63, 3.8) is 0 Å². The summed E-state index contributed by atoms with van der Waals surface area (Å²) in [7, 11) is 0. The number of rotatable bonds is 6. The van der Waals surface area contributed by atoms with Crippen molar-refractivity contribution in [1.82, 2.24) is 15.3 Å². The average Bonchev–Trinajstić information content (AvgIpc) is 3.20. The molecule has 0 aliphatic rings. The van der Waals surface area contributed by atoms with Crippen molar-refractivity contribution in [2.45, 2.75) is 38.8 Å². The van der Waals surface area contributed by atoms with E-state index in [1.54, 1.807) is 29.0 Å². The Balaban J connectivity index is 1.70. The largest absolute Gasteiger partial charge is 0.347 e. The molecule has 4 nitrogen and oxygen atoms in total. The number of hydrogen-bond donors (Lipinski definition) is 1. The van der Waals surface area contributed by atoms with Gasteiger partial charge in [0.15, 0.2) is 0 Å². The van der Waals surface area contributed by atoms with Crippen LogP contribution in [0, 0.1) is 19.8 Å². The van der Waals surface area contributed by atoms with Crippen LogP contribution >= 0.6 is 34.4 Å². The minimum Gasteiger partial charge on any atom is -0.347 e. The zero-order valence-electron chi connectivity index (χ0n) is 14.7. The van der Waals surface area contributed by atoms with Crippen molar-refractivity contribution in [3.8, 4) is 0 Å². The number of amides is 1. The van der Waals surface area contributed by atoms with Gasteiger partial charge in [0.25, 0.3) is 0 Å². The van der Waals surface area contributed by atoms with Crippen LogP contribution in [0.15, 0.2) is 28.9 Å². The van der Waals surface area contributed by atoms with E-state index < -0.39 is 0 Å². The fourth-order valence-electron chi connectivity index (χ4n) is 2.64. The molecule has 25 heavy (non-hydrogen) atoms. The molecule has 0 aliphatic heterocycles. The highest BCUT2D eigenvalue weighted by Crippen LogP contribution is 2.34. The van der Waals surface area contributed by atoms with Crippen LogP contribution in [0.1, 0.15) is 35.2 Å². The van der Waals surface area contributed by atoms with E-state index in [0.717, 1.165) is 15.2 Å². The van der Waals surface area contributed by atoms with E-state index in [1.165, 1.54) is 27.1 Å². The van der Waals surface area contributed by atoms with Crippen molar-refractivity contribution in [1.29, 1.82) is 0 Å². The van der Waals surface area contributed by atoms with Crippen molar-refractivity contribution < 1.29 is 4.79 Å². The summed E-state index contributed by atoms with van der Waals surface area (Å²) in [6.07, 6.45) is 1.58. The molecule has 0 saturated carbocycles. The Morgan fingerprint density at radius 1 is 1.32 bits per heavy atom. The van der Waals surface area contributed by atoms with Crippen LogP contribution in [0.3, 0.4) is 0 Å². The van der Waals surface area contributed by atoms with Crippen LogP contribution in [0.25, 0.3) is 10.2 Å². The molecule has 3 rings (SSSR count). The number of carbonyl (C=O) groups excluding carboxylic acids is 1. The molecule has 1 unspecified atom stereocenters. The molecule has 132 valence electrons. The van der Waals surface area contributed by atoms with E-state index >= 15 is 0 Å². The maximum absolute atomic E-state index is 12.5. The molecule has 3 aromatic rings. The van der Waals surface area contributed by atoms with Gasteiger partial charge in [0.1, 0.15) is 16.2 Å². The van der Waals surface area contributed by atoms with E-state index in [4.69, 9.17) is 0 Å². The maximum atomic E-state index is 12.5. The van der Waals surface area contributed by atoms with Gasteiger partial charge in [-0.3, -0.25) is 4.79 Å². The Labute approximate surface area is 160 Å². The lowest BCUT2D eigenvalue weighted by Gasteiger charge is -2.21. The predicted octanol–water partition coefficient (Wildman–Crippen LogP) is 4.98. The Morgan fingerprint density at radius 2 is 2.12 bits per heavy atom. The Bertz CT molecular complexity index is 871. The lowest BCUT2D eigenvalue weighted by atomic mass is 10.0. The summed E-state index contributed by atoms with van der Waals surface area (Å²) in [6, 6.07) is 4.16. The first kappa shape index (κ1) is 18.4. The number of aromatic nitrogens is 2. The first-order chi connectivity index (χ1) is 12.0. The molecule has 3 aromatic heterocycles. The topological polar surface area (TPSA) is 54.9 Å². The highest BCUT2D eigenvalue weighted by atomic mass is 32.2. The van der Waals surface area contributed by atoms with Crippen molar-refractivity contribution >= 4 is 50.6 Å². The molecule has 0 fully saturated rings. The number of aryl methyl sites for hydroxylation is 2. The maximum Gasteiger partial charge on any atom is 0.230 e. The van der Waals surface area contributed by atoms with Crippen molar-refractivity contribution in [2.75, 3.05) is 5.75 Å². The number of carbonyl (C=O) groups is 1. The molecule has 0 saturated heterocycles. The highest BCUT2D eigenvalue weighted by molar-refractivity contribution is 8.00. The van der Waals surface area contributed by atoms with Gasteiger partial charge in [-0.1, -0.05) is 31.7 Å². The van der Waals surface area contributed by atoms with Crippen LogP contribution in [0.2, 0.25) is 0 Å². The number of nitrogens with zero attached hydrogens (tertiary/aromatic N) is 2. The monoisotopic (exact) mass is 391 g/mol. The van der Waals surface area contributed by atoms with E-state index in [0.29, 0.717) is 11.7 Å². The molecule has 0 aliphatic carbocycles. The van der Waals surface area contributed by atoms with Gasteiger partial charge in [-0.25, -0.2) is 9.97 Å². The Morgan fingerprint density at radius 3 is 2.80 bits per heavy atom. The molecule has 1 atom stereocenters. The Kier molecular flexibility index (Phi) is 5.76. The van der Waals surface area contributed by atoms with Gasteiger partial charge in [-0.15, -0.1) is 22.7 Å². The van der Waals surface area contributed by atoms with Crippen LogP contribution in [-0.4, -0.2) is 21.6 Å². The summed E-state index contributed by atoms with van der Waals surface area (Å²) >= 11 is 4.84.